The summed E-state index contributed by atoms with van der Waals surface area (Å²) in [5.41, 5.74) is 1.28. The van der Waals surface area contributed by atoms with E-state index >= 15 is 0 Å². The molecule has 1 aromatic heterocycles. The van der Waals surface area contributed by atoms with Gasteiger partial charge in [0.05, 0.1) is 23.8 Å². The van der Waals surface area contributed by atoms with Gasteiger partial charge in [0.1, 0.15) is 0 Å². The Hall–Kier alpha value is -2.23. The fraction of sp³-hybridized carbons (Fsp3) is 0.412. The van der Waals surface area contributed by atoms with Gasteiger partial charge in [-0.2, -0.15) is 9.40 Å². The molecule has 8 nitrogen and oxygen atoms in total. The van der Waals surface area contributed by atoms with Gasteiger partial charge in [0.2, 0.25) is 10.0 Å². The molecule has 1 aliphatic heterocycles. The maximum absolute atomic E-state index is 12.9. The second-order valence-corrected chi connectivity index (χ2v) is 7.89. The summed E-state index contributed by atoms with van der Waals surface area (Å²) in [6, 6.07) is 5.93. The predicted octanol–water partition coefficient (Wildman–Crippen LogP) is 1.02. The van der Waals surface area contributed by atoms with Crippen molar-refractivity contribution >= 4 is 15.9 Å². The Morgan fingerprint density at radius 3 is 2.69 bits per heavy atom. The lowest BCUT2D eigenvalue weighted by atomic mass is 10.2. The minimum atomic E-state index is -3.66. The molecule has 9 heteroatoms. The molecule has 0 radical (unpaired) electrons. The van der Waals surface area contributed by atoms with E-state index in [2.05, 4.69) is 10.4 Å². The molecule has 0 spiro atoms. The second-order valence-electron chi connectivity index (χ2n) is 5.96. The van der Waals surface area contributed by atoms with E-state index < -0.39 is 10.0 Å². The third kappa shape index (κ3) is 3.64. The molecule has 0 bridgehead atoms. The number of nitrogens with zero attached hydrogens (tertiary/aromatic N) is 3. The zero-order valence-corrected chi connectivity index (χ0v) is 15.6. The molecule has 26 heavy (non-hydrogen) atoms. The van der Waals surface area contributed by atoms with Crippen molar-refractivity contribution in [1.82, 2.24) is 19.4 Å². The van der Waals surface area contributed by atoms with Crippen molar-refractivity contribution in [1.29, 1.82) is 0 Å². The highest BCUT2D eigenvalue weighted by Gasteiger charge is 2.32. The van der Waals surface area contributed by atoms with E-state index in [-0.39, 0.29) is 30.0 Å². The van der Waals surface area contributed by atoms with Crippen LogP contribution in [0.2, 0.25) is 0 Å². The molecule has 3 rings (SSSR count). The van der Waals surface area contributed by atoms with E-state index in [1.54, 1.807) is 10.9 Å². The summed E-state index contributed by atoms with van der Waals surface area (Å²) in [4.78, 5) is 11.8. The normalized spacial score (nSPS) is 18.6. The monoisotopic (exact) mass is 378 g/mol. The fourth-order valence-corrected chi connectivity index (χ4v) is 4.26. The summed E-state index contributed by atoms with van der Waals surface area (Å²) >= 11 is 0. The van der Waals surface area contributed by atoms with Gasteiger partial charge in [-0.1, -0.05) is 0 Å². The quantitative estimate of drug-likeness (QED) is 0.839. The van der Waals surface area contributed by atoms with Gasteiger partial charge in [0.15, 0.2) is 0 Å². The van der Waals surface area contributed by atoms with Crippen LogP contribution in [-0.4, -0.2) is 55.2 Å². The third-order valence-electron chi connectivity index (χ3n) is 4.36. The van der Waals surface area contributed by atoms with Crippen LogP contribution in [0, 0.1) is 0 Å². The van der Waals surface area contributed by atoms with E-state index in [1.807, 2.05) is 13.1 Å². The van der Waals surface area contributed by atoms with Crippen molar-refractivity contribution in [3.05, 3.63) is 47.8 Å². The van der Waals surface area contributed by atoms with Gasteiger partial charge in [-0.25, -0.2) is 8.42 Å². The van der Waals surface area contributed by atoms with Crippen LogP contribution in [-0.2, 0) is 21.3 Å². The van der Waals surface area contributed by atoms with Gasteiger partial charge in [-0.15, -0.1) is 0 Å². The molecule has 1 fully saturated rings. The summed E-state index contributed by atoms with van der Waals surface area (Å²) in [7, 11) is -2.13. The minimum Gasteiger partial charge on any atom is -0.371 e. The standard InChI is InChI=1S/C17H22N4O4S/c1-3-20-11-14(10-19-20)16-12-21(8-9-25-16)26(23,24)15-6-4-13(5-7-15)17(22)18-2/h4-7,10-11,16H,3,8-9,12H2,1-2H3,(H,18,22)/t16-/m0/s1. The lowest BCUT2D eigenvalue weighted by molar-refractivity contribution is -0.00260. The number of nitrogens with one attached hydrogen (secondary N) is 1. The predicted molar refractivity (Wildman–Crippen MR) is 95.2 cm³/mol. The van der Waals surface area contributed by atoms with Crippen LogP contribution in [0.5, 0.6) is 0 Å². The molecule has 0 aliphatic carbocycles. The maximum atomic E-state index is 12.9. The first-order chi connectivity index (χ1) is 12.5. The average molecular weight is 378 g/mol. The Bertz CT molecular complexity index is 876. The zero-order chi connectivity index (χ0) is 18.7. The first-order valence-corrected chi connectivity index (χ1v) is 9.86. The van der Waals surface area contributed by atoms with E-state index in [0.717, 1.165) is 12.1 Å². The molecule has 0 unspecified atom stereocenters. The highest BCUT2D eigenvalue weighted by atomic mass is 32.2. The molecule has 1 atom stereocenters. The molecular weight excluding hydrogens is 356 g/mol. The Labute approximate surface area is 152 Å². The molecule has 1 aliphatic rings. The average Bonchev–Trinajstić information content (AvgIpc) is 3.17. The first kappa shape index (κ1) is 18.6. The molecular formula is C17H22N4O4S. The number of ether oxygens (including phenoxy) is 1. The number of hydrogen-bond donors (Lipinski definition) is 1. The molecule has 140 valence electrons. The molecule has 1 aromatic carbocycles. The third-order valence-corrected chi connectivity index (χ3v) is 6.24. The van der Waals surface area contributed by atoms with E-state index in [9.17, 15) is 13.2 Å². The van der Waals surface area contributed by atoms with Gasteiger partial charge < -0.3 is 10.1 Å². The minimum absolute atomic E-state index is 0.162. The van der Waals surface area contributed by atoms with Crippen molar-refractivity contribution in [2.45, 2.75) is 24.5 Å². The first-order valence-electron chi connectivity index (χ1n) is 8.42. The van der Waals surface area contributed by atoms with Gasteiger partial charge >= 0.3 is 0 Å². The second kappa shape index (κ2) is 7.56. The Morgan fingerprint density at radius 2 is 2.08 bits per heavy atom. The molecule has 0 saturated carbocycles. The van der Waals surface area contributed by atoms with Crippen LogP contribution >= 0.6 is 0 Å². The smallest absolute Gasteiger partial charge is 0.251 e. The number of aryl methyl sites for hydroxylation is 1. The van der Waals surface area contributed by atoms with Crippen molar-refractivity contribution in [2.24, 2.45) is 0 Å². The van der Waals surface area contributed by atoms with E-state index in [1.165, 1.54) is 35.6 Å². The lowest BCUT2D eigenvalue weighted by Gasteiger charge is -2.31. The zero-order valence-electron chi connectivity index (χ0n) is 14.8. The lowest BCUT2D eigenvalue weighted by Crippen LogP contribution is -2.42. The van der Waals surface area contributed by atoms with E-state index in [0.29, 0.717) is 12.2 Å². The fourth-order valence-electron chi connectivity index (χ4n) is 2.84. The Morgan fingerprint density at radius 1 is 1.35 bits per heavy atom. The number of carbonyl (C=O) groups excluding carboxylic acids is 1. The molecule has 2 heterocycles. The molecule has 2 aromatic rings. The number of aromatic nitrogens is 2. The largest absolute Gasteiger partial charge is 0.371 e. The van der Waals surface area contributed by atoms with Gasteiger partial charge in [-0.3, -0.25) is 9.48 Å². The summed E-state index contributed by atoms with van der Waals surface area (Å²) in [5, 5.41) is 6.73. The summed E-state index contributed by atoms with van der Waals surface area (Å²) in [6.45, 7) is 3.56. The van der Waals surface area contributed by atoms with Crippen molar-refractivity contribution in [3.63, 3.8) is 0 Å². The number of carbonyl (C=O) groups is 1. The number of hydrogen-bond acceptors (Lipinski definition) is 5. The molecule has 1 saturated heterocycles. The van der Waals surface area contributed by atoms with Crippen LogP contribution in [0.25, 0.3) is 0 Å². The highest BCUT2D eigenvalue weighted by molar-refractivity contribution is 7.89. The number of morpholine rings is 1. The molecule has 1 amide bonds. The van der Waals surface area contributed by atoms with E-state index in [4.69, 9.17) is 4.74 Å². The summed E-state index contributed by atoms with van der Waals surface area (Å²) in [5.74, 6) is -0.256. The number of sulfonamides is 1. The van der Waals surface area contributed by atoms with Gasteiger partial charge in [0, 0.05) is 44.0 Å². The van der Waals surface area contributed by atoms with Crippen LogP contribution in [0.3, 0.4) is 0 Å². The number of amides is 1. The van der Waals surface area contributed by atoms with Crippen molar-refractivity contribution < 1.29 is 17.9 Å². The van der Waals surface area contributed by atoms with Crippen molar-refractivity contribution in [3.8, 4) is 0 Å². The van der Waals surface area contributed by atoms with Gasteiger partial charge in [-0.05, 0) is 31.2 Å². The summed E-state index contributed by atoms with van der Waals surface area (Å²) < 4.78 is 34.8. The number of benzene rings is 1. The number of rotatable bonds is 5. The highest BCUT2D eigenvalue weighted by Crippen LogP contribution is 2.26. The maximum Gasteiger partial charge on any atom is 0.251 e. The van der Waals surface area contributed by atoms with Crippen LogP contribution in [0.1, 0.15) is 28.9 Å². The van der Waals surface area contributed by atoms with Crippen molar-refractivity contribution in [2.75, 3.05) is 26.7 Å². The van der Waals surface area contributed by atoms with Gasteiger partial charge in [0.25, 0.3) is 5.91 Å². The van der Waals surface area contributed by atoms with Crippen LogP contribution in [0.4, 0.5) is 0 Å². The Kier molecular flexibility index (Phi) is 5.40. The Balaban J connectivity index is 1.79. The summed E-state index contributed by atoms with van der Waals surface area (Å²) in [6.07, 6.45) is 3.24. The molecule has 1 N–H and O–H groups in total. The SMILES string of the molecule is CCn1cc([C@@H]2CN(S(=O)(=O)c3ccc(C(=O)NC)cc3)CCO2)cn1. The van der Waals surface area contributed by atoms with Crippen LogP contribution in [0.15, 0.2) is 41.6 Å². The van der Waals surface area contributed by atoms with Crippen LogP contribution < -0.4 is 5.32 Å². The topological polar surface area (TPSA) is 93.5 Å².